The molecule has 0 aliphatic carbocycles. The fraction of sp³-hybridized carbons (Fsp3) is 0.750. The highest BCUT2D eigenvalue weighted by molar-refractivity contribution is 5.00. The molecule has 0 radical (unpaired) electrons. The van der Waals surface area contributed by atoms with E-state index in [1.807, 2.05) is 0 Å². The number of hydrogen-bond donors (Lipinski definition) is 1. The van der Waals surface area contributed by atoms with Crippen LogP contribution in [0.1, 0.15) is 40.5 Å². The van der Waals surface area contributed by atoms with E-state index in [1.165, 1.54) is 12.7 Å². The van der Waals surface area contributed by atoms with Gasteiger partial charge in [-0.15, -0.1) is 0 Å². The highest BCUT2D eigenvalue weighted by atomic mass is 16.5. The first-order valence-electron chi connectivity index (χ1n) is 5.94. The lowest BCUT2D eigenvalue weighted by Crippen LogP contribution is -2.60. The lowest BCUT2D eigenvalue weighted by Gasteiger charge is -2.45. The molecular formula is C12H20N4O. The van der Waals surface area contributed by atoms with Crippen LogP contribution in [0.2, 0.25) is 0 Å². The molecule has 1 N–H and O–H groups in total. The summed E-state index contributed by atoms with van der Waals surface area (Å²) in [5, 5.41) is 3.61. The van der Waals surface area contributed by atoms with Gasteiger partial charge in [-0.25, -0.2) is 4.98 Å². The van der Waals surface area contributed by atoms with E-state index in [-0.39, 0.29) is 17.2 Å². The highest BCUT2D eigenvalue weighted by Crippen LogP contribution is 2.30. The molecule has 1 fully saturated rings. The molecule has 1 aliphatic heterocycles. The Labute approximate surface area is 102 Å². The van der Waals surface area contributed by atoms with E-state index in [9.17, 15) is 0 Å². The smallest absolute Gasteiger partial charge is 0.319 e. The third-order valence-electron chi connectivity index (χ3n) is 2.89. The second-order valence-electron chi connectivity index (χ2n) is 5.96. The molecule has 5 nitrogen and oxygen atoms in total. The predicted molar refractivity (Wildman–Crippen MR) is 64.8 cm³/mol. The van der Waals surface area contributed by atoms with Crippen LogP contribution in [-0.2, 0) is 0 Å². The Kier molecular flexibility index (Phi) is 3.03. The monoisotopic (exact) mass is 236 g/mol. The minimum atomic E-state index is 0.0689. The van der Waals surface area contributed by atoms with Crippen molar-refractivity contribution in [3.63, 3.8) is 0 Å². The SMILES string of the molecule is CC1(C)CC(Oc2ncncn2)CC(C)(C)N1. The standard InChI is InChI=1S/C12H20N4O/c1-11(2)5-9(6-12(3,4)16-11)17-10-14-7-13-8-15-10/h7-9,16H,5-6H2,1-4H3. The van der Waals surface area contributed by atoms with Gasteiger partial charge < -0.3 is 10.1 Å². The number of rotatable bonds is 2. The molecule has 5 heteroatoms. The molecule has 1 aromatic rings. The van der Waals surface area contributed by atoms with Crippen molar-refractivity contribution in [2.24, 2.45) is 0 Å². The van der Waals surface area contributed by atoms with Crippen LogP contribution < -0.4 is 10.1 Å². The maximum Gasteiger partial charge on any atom is 0.319 e. The Bertz CT molecular complexity index is 361. The number of nitrogens with one attached hydrogen (secondary N) is 1. The summed E-state index contributed by atoms with van der Waals surface area (Å²) < 4.78 is 5.82. The molecule has 1 aliphatic rings. The maximum absolute atomic E-state index is 5.82. The normalized spacial score (nSPS) is 23.3. The number of hydrogen-bond acceptors (Lipinski definition) is 5. The van der Waals surface area contributed by atoms with Crippen molar-refractivity contribution < 1.29 is 4.74 Å². The van der Waals surface area contributed by atoms with Crippen LogP contribution in [0.25, 0.3) is 0 Å². The van der Waals surface area contributed by atoms with Gasteiger partial charge in [-0.3, -0.25) is 0 Å². The van der Waals surface area contributed by atoms with Gasteiger partial charge in [0.2, 0.25) is 0 Å². The molecule has 0 bridgehead atoms. The van der Waals surface area contributed by atoms with Gasteiger partial charge in [0.25, 0.3) is 0 Å². The molecular weight excluding hydrogens is 216 g/mol. The summed E-state index contributed by atoms with van der Waals surface area (Å²) in [5.74, 6) is 0. The summed E-state index contributed by atoms with van der Waals surface area (Å²) in [6.45, 7) is 8.77. The average molecular weight is 236 g/mol. The molecule has 0 spiro atoms. The summed E-state index contributed by atoms with van der Waals surface area (Å²) in [5.41, 5.74) is 0.138. The highest BCUT2D eigenvalue weighted by Gasteiger charge is 2.38. The third kappa shape index (κ3) is 3.36. The summed E-state index contributed by atoms with van der Waals surface area (Å²) in [6.07, 6.45) is 4.95. The minimum absolute atomic E-state index is 0.0689. The summed E-state index contributed by atoms with van der Waals surface area (Å²) in [4.78, 5) is 11.8. The summed E-state index contributed by atoms with van der Waals surface area (Å²) in [7, 11) is 0. The van der Waals surface area contributed by atoms with Gasteiger partial charge in [0.1, 0.15) is 18.8 Å². The Hall–Kier alpha value is -1.23. The summed E-state index contributed by atoms with van der Waals surface area (Å²) in [6, 6.07) is 0.415. The topological polar surface area (TPSA) is 59.9 Å². The second kappa shape index (κ2) is 4.22. The van der Waals surface area contributed by atoms with Crippen molar-refractivity contribution in [1.29, 1.82) is 0 Å². The minimum Gasteiger partial charge on any atom is -0.460 e. The zero-order valence-corrected chi connectivity index (χ0v) is 10.9. The lowest BCUT2D eigenvalue weighted by atomic mass is 9.81. The maximum atomic E-state index is 5.82. The van der Waals surface area contributed by atoms with E-state index in [0.29, 0.717) is 6.01 Å². The quantitative estimate of drug-likeness (QED) is 0.844. The van der Waals surface area contributed by atoms with Crippen molar-refractivity contribution in [3.8, 4) is 6.01 Å². The van der Waals surface area contributed by atoms with Crippen LogP contribution in [0.15, 0.2) is 12.7 Å². The molecule has 17 heavy (non-hydrogen) atoms. The first kappa shape index (κ1) is 12.2. The van der Waals surface area contributed by atoms with E-state index in [2.05, 4.69) is 48.0 Å². The molecule has 0 saturated carbocycles. The van der Waals surface area contributed by atoms with Crippen LogP contribution in [0.4, 0.5) is 0 Å². The van der Waals surface area contributed by atoms with Gasteiger partial charge in [-0.2, -0.15) is 9.97 Å². The second-order valence-corrected chi connectivity index (χ2v) is 5.96. The average Bonchev–Trinajstić information content (AvgIpc) is 2.13. The van der Waals surface area contributed by atoms with Crippen molar-refractivity contribution in [1.82, 2.24) is 20.3 Å². The van der Waals surface area contributed by atoms with E-state index < -0.39 is 0 Å². The summed E-state index contributed by atoms with van der Waals surface area (Å²) >= 11 is 0. The van der Waals surface area contributed by atoms with Gasteiger partial charge in [0, 0.05) is 23.9 Å². The van der Waals surface area contributed by atoms with Crippen molar-refractivity contribution >= 4 is 0 Å². The van der Waals surface area contributed by atoms with Gasteiger partial charge in [-0.05, 0) is 27.7 Å². The fourth-order valence-corrected chi connectivity index (χ4v) is 2.75. The Morgan fingerprint density at radius 1 is 1.12 bits per heavy atom. The molecule has 2 heterocycles. The number of aromatic nitrogens is 3. The van der Waals surface area contributed by atoms with Crippen molar-refractivity contribution in [2.45, 2.75) is 57.7 Å². The Morgan fingerprint density at radius 2 is 1.65 bits per heavy atom. The van der Waals surface area contributed by atoms with E-state index in [4.69, 9.17) is 4.74 Å². The van der Waals surface area contributed by atoms with Crippen LogP contribution in [0.5, 0.6) is 6.01 Å². The van der Waals surface area contributed by atoms with Gasteiger partial charge in [-0.1, -0.05) is 0 Å². The fourth-order valence-electron chi connectivity index (χ4n) is 2.75. The van der Waals surface area contributed by atoms with E-state index in [1.54, 1.807) is 0 Å². The zero-order chi connectivity index (χ0) is 12.5. The molecule has 94 valence electrons. The van der Waals surface area contributed by atoms with Crippen LogP contribution in [-0.4, -0.2) is 32.1 Å². The van der Waals surface area contributed by atoms with E-state index >= 15 is 0 Å². The number of ether oxygens (including phenoxy) is 1. The molecule has 2 rings (SSSR count). The van der Waals surface area contributed by atoms with E-state index in [0.717, 1.165) is 12.8 Å². The molecule has 1 saturated heterocycles. The zero-order valence-electron chi connectivity index (χ0n) is 10.9. The lowest BCUT2D eigenvalue weighted by molar-refractivity contribution is 0.0496. The first-order chi connectivity index (χ1) is 7.86. The first-order valence-corrected chi connectivity index (χ1v) is 5.94. The predicted octanol–water partition coefficient (Wildman–Crippen LogP) is 1.56. The van der Waals surface area contributed by atoms with Gasteiger partial charge in [0.15, 0.2) is 0 Å². The third-order valence-corrected chi connectivity index (χ3v) is 2.89. The molecule has 0 aromatic carbocycles. The molecule has 0 amide bonds. The molecule has 0 atom stereocenters. The van der Waals surface area contributed by atoms with Crippen LogP contribution in [0, 0.1) is 0 Å². The number of nitrogens with zero attached hydrogens (tertiary/aromatic N) is 3. The van der Waals surface area contributed by atoms with Crippen molar-refractivity contribution in [2.75, 3.05) is 0 Å². The van der Waals surface area contributed by atoms with Gasteiger partial charge >= 0.3 is 6.01 Å². The van der Waals surface area contributed by atoms with Crippen LogP contribution in [0.3, 0.4) is 0 Å². The largest absolute Gasteiger partial charge is 0.460 e. The van der Waals surface area contributed by atoms with Crippen LogP contribution >= 0.6 is 0 Å². The Balaban J connectivity index is 2.06. The number of piperidine rings is 1. The van der Waals surface area contributed by atoms with Crippen molar-refractivity contribution in [3.05, 3.63) is 12.7 Å². The molecule has 0 unspecified atom stereocenters. The van der Waals surface area contributed by atoms with Gasteiger partial charge in [0.05, 0.1) is 0 Å². The molecule has 1 aromatic heterocycles. The Morgan fingerprint density at radius 3 is 2.18 bits per heavy atom.